The van der Waals surface area contributed by atoms with E-state index in [0.717, 1.165) is 21.2 Å². The van der Waals surface area contributed by atoms with E-state index in [1.165, 1.54) is 0 Å². The van der Waals surface area contributed by atoms with Crippen molar-refractivity contribution in [3.8, 4) is 0 Å². The van der Waals surface area contributed by atoms with Crippen LogP contribution >= 0.6 is 25.3 Å². The average Bonchev–Trinajstić information content (AvgIpc) is 1.84. The van der Waals surface area contributed by atoms with Crippen molar-refractivity contribution in [3.63, 3.8) is 0 Å². The Morgan fingerprint density at radius 2 is 1.20 bits per heavy atom. The van der Waals surface area contributed by atoms with Crippen LogP contribution in [-0.2, 0) is 0 Å². The zero-order valence-corrected chi connectivity index (χ0v) is 7.25. The molecule has 0 aliphatic rings. The minimum Gasteiger partial charge on any atom is -0.324 e. The molecule has 0 atom stereocenters. The van der Waals surface area contributed by atoms with E-state index >= 15 is 0 Å². The normalized spacial score (nSPS) is 10.0. The predicted octanol–water partition coefficient (Wildman–Crippen LogP) is 0.0108. The van der Waals surface area contributed by atoms with Gasteiger partial charge in [-0.15, -0.1) is 25.3 Å². The number of hydrogen-bond donors (Lipinski definition) is 4. The molecular formula is C6H10N2S2+2. The summed E-state index contributed by atoms with van der Waals surface area (Å²) in [5, 5.41) is 0. The highest BCUT2D eigenvalue weighted by Gasteiger charge is 2.04. The van der Waals surface area contributed by atoms with Crippen molar-refractivity contribution in [3.05, 3.63) is 12.1 Å². The van der Waals surface area contributed by atoms with Crippen molar-refractivity contribution < 1.29 is 11.5 Å². The second-order valence-electron chi connectivity index (χ2n) is 2.11. The van der Waals surface area contributed by atoms with Gasteiger partial charge in [-0.25, -0.2) is 0 Å². The molecule has 54 valence electrons. The predicted molar refractivity (Wildman–Crippen MR) is 46.0 cm³/mol. The van der Waals surface area contributed by atoms with Crippen molar-refractivity contribution in [1.29, 1.82) is 0 Å². The lowest BCUT2D eigenvalue weighted by Crippen LogP contribution is -2.43. The highest BCUT2D eigenvalue weighted by Crippen LogP contribution is 2.23. The van der Waals surface area contributed by atoms with Crippen LogP contribution in [0, 0.1) is 0 Å². The van der Waals surface area contributed by atoms with E-state index in [2.05, 4.69) is 36.7 Å². The molecule has 0 amide bonds. The molecule has 1 rings (SSSR count). The Bertz CT molecular complexity index is 210. The minimum absolute atomic E-state index is 0.864. The molecule has 1 aromatic carbocycles. The molecule has 0 radical (unpaired) electrons. The third-order valence-electron chi connectivity index (χ3n) is 1.28. The number of benzene rings is 1. The largest absolute Gasteiger partial charge is 0.324 e. The summed E-state index contributed by atoms with van der Waals surface area (Å²) in [4.78, 5) is 1.73. The van der Waals surface area contributed by atoms with Crippen LogP contribution in [0.5, 0.6) is 0 Å². The zero-order chi connectivity index (χ0) is 7.72. The van der Waals surface area contributed by atoms with Crippen molar-refractivity contribution in [2.75, 3.05) is 0 Å². The summed E-state index contributed by atoms with van der Waals surface area (Å²) < 4.78 is 0. The molecule has 0 saturated carbocycles. The van der Waals surface area contributed by atoms with Crippen LogP contribution in [0.15, 0.2) is 21.9 Å². The van der Waals surface area contributed by atoms with Crippen LogP contribution in [0.25, 0.3) is 0 Å². The number of hydrogen-bond acceptors (Lipinski definition) is 2. The molecule has 0 bridgehead atoms. The molecule has 10 heavy (non-hydrogen) atoms. The van der Waals surface area contributed by atoms with Crippen molar-refractivity contribution >= 4 is 36.6 Å². The molecule has 4 heteroatoms. The molecule has 2 nitrogen and oxygen atoms in total. The van der Waals surface area contributed by atoms with E-state index in [0.29, 0.717) is 0 Å². The summed E-state index contributed by atoms with van der Waals surface area (Å²) in [7, 11) is 0. The smallest absolute Gasteiger partial charge is 0.142 e. The van der Waals surface area contributed by atoms with Crippen LogP contribution in [-0.4, -0.2) is 0 Å². The maximum absolute atomic E-state index is 4.18. The second-order valence-corrected chi connectivity index (χ2v) is 3.07. The van der Waals surface area contributed by atoms with Gasteiger partial charge in [0.05, 0.1) is 9.79 Å². The summed E-state index contributed by atoms with van der Waals surface area (Å²) in [6, 6.07) is 3.71. The van der Waals surface area contributed by atoms with Crippen LogP contribution < -0.4 is 11.5 Å². The quantitative estimate of drug-likeness (QED) is 0.401. The molecule has 0 unspecified atom stereocenters. The van der Waals surface area contributed by atoms with Crippen LogP contribution in [0.4, 0.5) is 11.4 Å². The minimum atomic E-state index is 0.864. The molecule has 1 aromatic rings. The summed E-state index contributed by atoms with van der Waals surface area (Å²) in [5.74, 6) is 0. The summed E-state index contributed by atoms with van der Waals surface area (Å²) in [5.41, 5.74) is 9.32. The Morgan fingerprint density at radius 1 is 0.900 bits per heavy atom. The Morgan fingerprint density at radius 3 is 1.50 bits per heavy atom. The van der Waals surface area contributed by atoms with Crippen molar-refractivity contribution in [2.24, 2.45) is 0 Å². The Balaban J connectivity index is 3.28. The van der Waals surface area contributed by atoms with E-state index in [1.54, 1.807) is 0 Å². The molecule has 0 aliphatic carbocycles. The second kappa shape index (κ2) is 2.84. The SMILES string of the molecule is [NH3+]c1cc(S)c([NH3+])cc1S. The molecule has 6 N–H and O–H groups in total. The van der Waals surface area contributed by atoms with Crippen LogP contribution in [0.2, 0.25) is 0 Å². The van der Waals surface area contributed by atoms with Gasteiger partial charge in [0, 0.05) is 12.1 Å². The maximum Gasteiger partial charge on any atom is 0.142 e. The van der Waals surface area contributed by atoms with Crippen LogP contribution in [0.1, 0.15) is 0 Å². The van der Waals surface area contributed by atoms with Gasteiger partial charge in [-0.05, 0) is 0 Å². The topological polar surface area (TPSA) is 55.3 Å². The molecule has 0 spiro atoms. The maximum atomic E-state index is 4.18. The number of quaternary nitrogens is 2. The lowest BCUT2D eigenvalue weighted by molar-refractivity contribution is -0.266. The molecule has 0 aliphatic heterocycles. The fourth-order valence-electron chi connectivity index (χ4n) is 0.663. The molecule has 0 saturated heterocycles. The summed E-state index contributed by atoms with van der Waals surface area (Å²) in [6.07, 6.45) is 0. The van der Waals surface area contributed by atoms with E-state index < -0.39 is 0 Å². The van der Waals surface area contributed by atoms with Gasteiger partial charge in [0.2, 0.25) is 0 Å². The molecular weight excluding hydrogens is 164 g/mol. The Kier molecular flexibility index (Phi) is 2.25. The van der Waals surface area contributed by atoms with Gasteiger partial charge < -0.3 is 11.5 Å². The van der Waals surface area contributed by atoms with Gasteiger partial charge in [0.15, 0.2) is 0 Å². The first-order chi connectivity index (χ1) is 4.61. The highest BCUT2D eigenvalue weighted by atomic mass is 32.1. The first kappa shape index (κ1) is 7.94. The van der Waals surface area contributed by atoms with Gasteiger partial charge >= 0.3 is 0 Å². The van der Waals surface area contributed by atoms with Gasteiger partial charge in [0.1, 0.15) is 11.4 Å². The van der Waals surface area contributed by atoms with E-state index in [4.69, 9.17) is 0 Å². The van der Waals surface area contributed by atoms with Gasteiger partial charge in [-0.2, -0.15) is 0 Å². The van der Waals surface area contributed by atoms with Crippen LogP contribution in [0.3, 0.4) is 0 Å². The molecule has 0 fully saturated rings. The standard InChI is InChI=1S/C6H8N2S2/c7-3-1-5(9)4(8)2-6(3)10/h1-2,9-10H,7-8H2/p+2. The van der Waals surface area contributed by atoms with E-state index in [-0.39, 0.29) is 0 Å². The highest BCUT2D eigenvalue weighted by molar-refractivity contribution is 7.81. The lowest BCUT2D eigenvalue weighted by Gasteiger charge is -1.96. The van der Waals surface area contributed by atoms with Gasteiger partial charge in [-0.3, -0.25) is 0 Å². The zero-order valence-electron chi connectivity index (χ0n) is 5.46. The summed E-state index contributed by atoms with van der Waals surface area (Å²) >= 11 is 8.36. The van der Waals surface area contributed by atoms with Crippen molar-refractivity contribution in [1.82, 2.24) is 0 Å². The number of thiol groups is 2. The molecule has 0 aromatic heterocycles. The Hall–Kier alpha value is -0.160. The lowest BCUT2D eigenvalue weighted by atomic mass is 10.3. The fraction of sp³-hybridized carbons (Fsp3) is 0. The Labute approximate surface area is 70.4 Å². The number of rotatable bonds is 0. The fourth-order valence-corrected chi connectivity index (χ4v) is 1.10. The summed E-state index contributed by atoms with van der Waals surface area (Å²) in [6.45, 7) is 0. The first-order valence-electron chi connectivity index (χ1n) is 2.81. The van der Waals surface area contributed by atoms with Crippen molar-refractivity contribution in [2.45, 2.75) is 9.79 Å². The third-order valence-corrected chi connectivity index (χ3v) is 2.11. The first-order valence-corrected chi connectivity index (χ1v) is 3.70. The van der Waals surface area contributed by atoms with E-state index in [9.17, 15) is 0 Å². The third kappa shape index (κ3) is 1.46. The molecule has 0 heterocycles. The van der Waals surface area contributed by atoms with E-state index in [1.807, 2.05) is 12.1 Å². The van der Waals surface area contributed by atoms with Gasteiger partial charge in [0.25, 0.3) is 0 Å². The average molecular weight is 174 g/mol. The van der Waals surface area contributed by atoms with Gasteiger partial charge in [-0.1, -0.05) is 0 Å². The monoisotopic (exact) mass is 174 g/mol.